The number of aliphatic imine (C=N–C) groups is 1. The highest BCUT2D eigenvalue weighted by Crippen LogP contribution is 2.30. The van der Waals surface area contributed by atoms with E-state index in [-0.39, 0.29) is 12.3 Å². The van der Waals surface area contributed by atoms with Crippen molar-refractivity contribution in [1.29, 1.82) is 0 Å². The first-order valence-electron chi connectivity index (χ1n) is 9.11. The van der Waals surface area contributed by atoms with Gasteiger partial charge in [0.05, 0.1) is 13.2 Å². The average molecular weight is 409 g/mol. The molecule has 0 aliphatic carbocycles. The third kappa shape index (κ3) is 6.20. The minimum atomic E-state index is -4.74. The molecule has 3 rings (SSSR count). The van der Waals surface area contributed by atoms with Crippen molar-refractivity contribution in [3.8, 4) is 17.2 Å². The maximum atomic E-state index is 12.5. The van der Waals surface area contributed by atoms with Gasteiger partial charge in [0.25, 0.3) is 0 Å². The van der Waals surface area contributed by atoms with Gasteiger partial charge in [0.1, 0.15) is 5.75 Å². The van der Waals surface area contributed by atoms with E-state index in [4.69, 9.17) is 9.47 Å². The van der Waals surface area contributed by atoms with E-state index < -0.39 is 6.36 Å². The zero-order valence-corrected chi connectivity index (χ0v) is 15.9. The largest absolute Gasteiger partial charge is 0.573 e. The molecule has 0 radical (unpaired) electrons. The third-order valence-corrected chi connectivity index (χ3v) is 4.14. The summed E-state index contributed by atoms with van der Waals surface area (Å²) >= 11 is 0. The highest BCUT2D eigenvalue weighted by atomic mass is 19.4. The molecule has 0 aromatic heterocycles. The van der Waals surface area contributed by atoms with Crippen LogP contribution in [-0.2, 0) is 13.1 Å². The number of fused-ring (bicyclic) bond motifs is 1. The quantitative estimate of drug-likeness (QED) is 0.584. The van der Waals surface area contributed by atoms with E-state index in [2.05, 4.69) is 20.4 Å². The molecule has 2 N–H and O–H groups in total. The topological polar surface area (TPSA) is 64.1 Å². The van der Waals surface area contributed by atoms with Crippen LogP contribution in [-0.4, -0.2) is 32.6 Å². The SMILES string of the molecule is CN=C(NCc1ccc2c(c1)OCCCO2)NCc1ccccc1OC(F)(F)F. The summed E-state index contributed by atoms with van der Waals surface area (Å²) in [6, 6.07) is 11.6. The van der Waals surface area contributed by atoms with Crippen LogP contribution in [0.25, 0.3) is 0 Å². The Balaban J connectivity index is 1.58. The Kier molecular flexibility index (Phi) is 6.69. The Morgan fingerprint density at radius 2 is 1.76 bits per heavy atom. The lowest BCUT2D eigenvalue weighted by Crippen LogP contribution is -2.36. The van der Waals surface area contributed by atoms with Gasteiger partial charge in [0, 0.05) is 32.1 Å². The van der Waals surface area contributed by atoms with Crippen molar-refractivity contribution in [2.45, 2.75) is 25.9 Å². The maximum Gasteiger partial charge on any atom is 0.573 e. The fourth-order valence-electron chi connectivity index (χ4n) is 2.78. The molecule has 0 unspecified atom stereocenters. The highest BCUT2D eigenvalue weighted by Gasteiger charge is 2.31. The van der Waals surface area contributed by atoms with Crippen molar-refractivity contribution in [2.24, 2.45) is 4.99 Å². The smallest absolute Gasteiger partial charge is 0.490 e. The van der Waals surface area contributed by atoms with Crippen molar-refractivity contribution in [3.63, 3.8) is 0 Å². The molecule has 0 saturated heterocycles. The molecule has 0 amide bonds. The first kappa shape index (κ1) is 20.6. The molecule has 0 atom stereocenters. The van der Waals surface area contributed by atoms with Crippen LogP contribution >= 0.6 is 0 Å². The van der Waals surface area contributed by atoms with Gasteiger partial charge in [-0.25, -0.2) is 0 Å². The summed E-state index contributed by atoms with van der Waals surface area (Å²) in [4.78, 5) is 4.10. The second kappa shape index (κ2) is 9.40. The van der Waals surface area contributed by atoms with Crippen LogP contribution in [0.3, 0.4) is 0 Å². The number of halogens is 3. The highest BCUT2D eigenvalue weighted by molar-refractivity contribution is 5.79. The summed E-state index contributed by atoms with van der Waals surface area (Å²) in [7, 11) is 1.58. The normalized spacial score (nSPS) is 14.1. The minimum absolute atomic E-state index is 0.118. The van der Waals surface area contributed by atoms with Crippen molar-refractivity contribution >= 4 is 5.96 Å². The second-order valence-electron chi connectivity index (χ2n) is 6.27. The summed E-state index contributed by atoms with van der Waals surface area (Å²) in [5.41, 5.74) is 1.32. The molecule has 9 heteroatoms. The Hall–Kier alpha value is -3.10. The lowest BCUT2D eigenvalue weighted by molar-refractivity contribution is -0.274. The van der Waals surface area contributed by atoms with Crippen molar-refractivity contribution < 1.29 is 27.4 Å². The summed E-state index contributed by atoms with van der Waals surface area (Å²) in [5, 5.41) is 6.12. The number of nitrogens with one attached hydrogen (secondary N) is 2. The first-order chi connectivity index (χ1) is 13.9. The number of hydrogen-bond donors (Lipinski definition) is 2. The predicted molar refractivity (Wildman–Crippen MR) is 102 cm³/mol. The Bertz CT molecular complexity index is 856. The monoisotopic (exact) mass is 409 g/mol. The summed E-state index contributed by atoms with van der Waals surface area (Å²) in [6.07, 6.45) is -3.91. The maximum absolute atomic E-state index is 12.5. The molecular weight excluding hydrogens is 387 g/mol. The van der Waals surface area contributed by atoms with Gasteiger partial charge in [-0.3, -0.25) is 4.99 Å². The lowest BCUT2D eigenvalue weighted by Gasteiger charge is -2.16. The Morgan fingerprint density at radius 3 is 2.52 bits per heavy atom. The van der Waals surface area contributed by atoms with Crippen LogP contribution in [0.4, 0.5) is 13.2 Å². The van der Waals surface area contributed by atoms with Crippen LogP contribution in [0.5, 0.6) is 17.2 Å². The van der Waals surface area contributed by atoms with E-state index in [1.54, 1.807) is 19.2 Å². The van der Waals surface area contributed by atoms with Crippen LogP contribution in [0.2, 0.25) is 0 Å². The average Bonchev–Trinajstić information content (AvgIpc) is 2.93. The molecule has 6 nitrogen and oxygen atoms in total. The minimum Gasteiger partial charge on any atom is -0.490 e. The third-order valence-electron chi connectivity index (χ3n) is 4.14. The van der Waals surface area contributed by atoms with Gasteiger partial charge in [-0.2, -0.15) is 0 Å². The van der Waals surface area contributed by atoms with Crippen molar-refractivity contribution in [3.05, 3.63) is 53.6 Å². The Labute approximate surface area is 166 Å². The van der Waals surface area contributed by atoms with Gasteiger partial charge in [-0.1, -0.05) is 24.3 Å². The van der Waals surface area contributed by atoms with Gasteiger partial charge < -0.3 is 24.8 Å². The predicted octanol–water partition coefficient (Wildman–Crippen LogP) is 3.61. The molecule has 0 spiro atoms. The molecule has 0 bridgehead atoms. The lowest BCUT2D eigenvalue weighted by atomic mass is 10.2. The molecule has 0 fully saturated rings. The van der Waals surface area contributed by atoms with E-state index in [1.165, 1.54) is 12.1 Å². The van der Waals surface area contributed by atoms with E-state index in [1.807, 2.05) is 18.2 Å². The van der Waals surface area contributed by atoms with Gasteiger partial charge >= 0.3 is 6.36 Å². The van der Waals surface area contributed by atoms with Crippen molar-refractivity contribution in [2.75, 3.05) is 20.3 Å². The van der Waals surface area contributed by atoms with Gasteiger partial charge in [-0.05, 0) is 23.8 Å². The molecule has 2 aromatic carbocycles. The number of nitrogens with zero attached hydrogens (tertiary/aromatic N) is 1. The Morgan fingerprint density at radius 1 is 1.03 bits per heavy atom. The number of ether oxygens (including phenoxy) is 3. The van der Waals surface area contributed by atoms with Gasteiger partial charge in [0.2, 0.25) is 0 Å². The number of benzene rings is 2. The fraction of sp³-hybridized carbons (Fsp3) is 0.350. The number of para-hydroxylation sites is 1. The molecule has 2 aromatic rings. The number of alkyl halides is 3. The first-order valence-corrected chi connectivity index (χ1v) is 9.11. The summed E-state index contributed by atoms with van der Waals surface area (Å²) < 4.78 is 53.0. The van der Waals surface area contributed by atoms with Crippen LogP contribution < -0.4 is 24.8 Å². The molecule has 1 aliphatic rings. The van der Waals surface area contributed by atoms with Gasteiger partial charge in [0.15, 0.2) is 17.5 Å². The zero-order valence-electron chi connectivity index (χ0n) is 15.9. The molecular formula is C20H22F3N3O3. The molecule has 1 aliphatic heterocycles. The van der Waals surface area contributed by atoms with Crippen LogP contribution in [0.15, 0.2) is 47.5 Å². The van der Waals surface area contributed by atoms with Gasteiger partial charge in [-0.15, -0.1) is 13.2 Å². The molecule has 1 heterocycles. The van der Waals surface area contributed by atoms with E-state index in [0.717, 1.165) is 17.7 Å². The fourth-order valence-corrected chi connectivity index (χ4v) is 2.78. The number of guanidine groups is 1. The van der Waals surface area contributed by atoms with Crippen LogP contribution in [0, 0.1) is 0 Å². The van der Waals surface area contributed by atoms with Crippen LogP contribution in [0.1, 0.15) is 17.5 Å². The molecule has 156 valence electrons. The standard InChI is InChI=1S/C20H22F3N3O3/c1-24-19(26-13-15-5-2-3-6-16(15)29-20(21,22)23)25-12-14-7-8-17-18(11-14)28-10-4-9-27-17/h2-3,5-8,11H,4,9-10,12-13H2,1H3,(H2,24,25,26). The van der Waals surface area contributed by atoms with E-state index >= 15 is 0 Å². The number of rotatable bonds is 5. The summed E-state index contributed by atoms with van der Waals surface area (Å²) in [5.74, 6) is 1.61. The van der Waals surface area contributed by atoms with E-state index in [0.29, 0.717) is 37.0 Å². The molecule has 0 saturated carbocycles. The van der Waals surface area contributed by atoms with E-state index in [9.17, 15) is 13.2 Å². The van der Waals surface area contributed by atoms with Crippen molar-refractivity contribution in [1.82, 2.24) is 10.6 Å². The zero-order chi connectivity index (χ0) is 20.7. The number of hydrogen-bond acceptors (Lipinski definition) is 4. The second-order valence-corrected chi connectivity index (χ2v) is 6.27. The molecule has 29 heavy (non-hydrogen) atoms. The summed E-state index contributed by atoms with van der Waals surface area (Å²) in [6.45, 7) is 1.80.